The fourth-order valence-corrected chi connectivity index (χ4v) is 2.77. The summed E-state index contributed by atoms with van der Waals surface area (Å²) in [5.41, 5.74) is 0.806. The predicted molar refractivity (Wildman–Crippen MR) is 99.5 cm³/mol. The molecule has 0 atom stereocenters. The first kappa shape index (κ1) is 20.1. The minimum Gasteiger partial charge on any atom is -0.493 e. The summed E-state index contributed by atoms with van der Waals surface area (Å²) in [5.74, 6) is 1.72. The zero-order valence-electron chi connectivity index (χ0n) is 15.8. The van der Waals surface area contributed by atoms with Crippen LogP contribution >= 0.6 is 0 Å². The SMILES string of the molecule is COc1cc(NCCC(=O)NCCN2CCOCC2)cc(OC)c1OC. The Kier molecular flexibility index (Phi) is 8.30. The van der Waals surface area contributed by atoms with Gasteiger partial charge in [0.15, 0.2) is 11.5 Å². The van der Waals surface area contributed by atoms with Crippen LogP contribution < -0.4 is 24.8 Å². The van der Waals surface area contributed by atoms with E-state index in [1.54, 1.807) is 21.3 Å². The molecular weight excluding hydrogens is 338 g/mol. The second kappa shape index (κ2) is 10.7. The standard InChI is InChI=1S/C18H29N3O5/c1-23-15-12-14(13-16(24-2)18(15)25-3)19-5-4-17(22)20-6-7-21-8-10-26-11-9-21/h12-13,19H,4-11H2,1-3H3,(H,20,22). The number of methoxy groups -OCH3 is 3. The third kappa shape index (κ3) is 5.96. The van der Waals surface area contributed by atoms with Gasteiger partial charge in [0, 0.05) is 57.0 Å². The van der Waals surface area contributed by atoms with E-state index in [2.05, 4.69) is 15.5 Å². The largest absolute Gasteiger partial charge is 0.493 e. The lowest BCUT2D eigenvalue weighted by atomic mass is 10.2. The number of ether oxygens (including phenoxy) is 4. The van der Waals surface area contributed by atoms with Gasteiger partial charge < -0.3 is 29.6 Å². The maximum atomic E-state index is 12.0. The molecule has 2 N–H and O–H groups in total. The van der Waals surface area contributed by atoms with Crippen LogP contribution in [0.5, 0.6) is 17.2 Å². The molecule has 0 spiro atoms. The maximum absolute atomic E-state index is 12.0. The lowest BCUT2D eigenvalue weighted by molar-refractivity contribution is -0.120. The van der Waals surface area contributed by atoms with Crippen LogP contribution in [-0.4, -0.2) is 78.1 Å². The molecule has 1 aromatic carbocycles. The quantitative estimate of drug-likeness (QED) is 0.637. The number of hydrogen-bond donors (Lipinski definition) is 2. The zero-order chi connectivity index (χ0) is 18.8. The Bertz CT molecular complexity index is 551. The summed E-state index contributed by atoms with van der Waals surface area (Å²) < 4.78 is 21.2. The molecule has 1 saturated heterocycles. The van der Waals surface area contributed by atoms with Crippen LogP contribution in [0.3, 0.4) is 0 Å². The highest BCUT2D eigenvalue weighted by Gasteiger charge is 2.13. The average molecular weight is 367 g/mol. The molecule has 0 radical (unpaired) electrons. The van der Waals surface area contributed by atoms with Crippen molar-refractivity contribution in [3.8, 4) is 17.2 Å². The van der Waals surface area contributed by atoms with Gasteiger partial charge in [-0.05, 0) is 0 Å². The van der Waals surface area contributed by atoms with Crippen LogP contribution in [0.2, 0.25) is 0 Å². The summed E-state index contributed by atoms with van der Waals surface area (Å²) in [5, 5.41) is 6.16. The van der Waals surface area contributed by atoms with Gasteiger partial charge in [0.2, 0.25) is 11.7 Å². The highest BCUT2D eigenvalue weighted by molar-refractivity contribution is 5.76. The van der Waals surface area contributed by atoms with Crippen molar-refractivity contribution in [3.05, 3.63) is 12.1 Å². The molecule has 146 valence electrons. The van der Waals surface area contributed by atoms with E-state index in [9.17, 15) is 4.79 Å². The molecule has 8 nitrogen and oxygen atoms in total. The van der Waals surface area contributed by atoms with Crippen molar-refractivity contribution < 1.29 is 23.7 Å². The number of nitrogens with zero attached hydrogens (tertiary/aromatic N) is 1. The summed E-state index contributed by atoms with van der Waals surface area (Å²) in [6, 6.07) is 3.63. The second-order valence-electron chi connectivity index (χ2n) is 5.89. The molecule has 1 fully saturated rings. The van der Waals surface area contributed by atoms with Gasteiger partial charge in [0.1, 0.15) is 0 Å². The van der Waals surface area contributed by atoms with Gasteiger partial charge in [-0.25, -0.2) is 0 Å². The van der Waals surface area contributed by atoms with Gasteiger partial charge in [0.25, 0.3) is 0 Å². The summed E-state index contributed by atoms with van der Waals surface area (Å²) in [4.78, 5) is 14.2. The number of hydrogen-bond acceptors (Lipinski definition) is 7. The van der Waals surface area contributed by atoms with Crippen LogP contribution in [0.1, 0.15) is 6.42 Å². The third-order valence-electron chi connectivity index (χ3n) is 4.20. The number of rotatable bonds is 10. The molecular formula is C18H29N3O5. The number of amides is 1. The van der Waals surface area contributed by atoms with Crippen molar-refractivity contribution in [2.75, 3.05) is 72.6 Å². The summed E-state index contributed by atoms with van der Waals surface area (Å²) in [6.07, 6.45) is 0.389. The first-order valence-electron chi connectivity index (χ1n) is 8.78. The van der Waals surface area contributed by atoms with Crippen LogP contribution in [-0.2, 0) is 9.53 Å². The molecule has 0 aliphatic carbocycles. The lowest BCUT2D eigenvalue weighted by Gasteiger charge is -2.26. The van der Waals surface area contributed by atoms with Crippen LogP contribution in [0, 0.1) is 0 Å². The van der Waals surface area contributed by atoms with E-state index in [0.29, 0.717) is 36.8 Å². The molecule has 0 saturated carbocycles. The van der Waals surface area contributed by atoms with Crippen LogP contribution in [0.4, 0.5) is 5.69 Å². The second-order valence-corrected chi connectivity index (χ2v) is 5.89. The normalized spacial score (nSPS) is 14.6. The predicted octanol–water partition coefficient (Wildman–Crippen LogP) is 0.963. The van der Waals surface area contributed by atoms with E-state index < -0.39 is 0 Å². The van der Waals surface area contributed by atoms with Gasteiger partial charge >= 0.3 is 0 Å². The van der Waals surface area contributed by atoms with Crippen molar-refractivity contribution in [1.82, 2.24) is 10.2 Å². The van der Waals surface area contributed by atoms with Crippen molar-refractivity contribution in [3.63, 3.8) is 0 Å². The number of nitrogens with one attached hydrogen (secondary N) is 2. The molecule has 0 bridgehead atoms. The number of anilines is 1. The fraction of sp³-hybridized carbons (Fsp3) is 0.611. The first-order valence-corrected chi connectivity index (χ1v) is 8.78. The van der Waals surface area contributed by atoms with E-state index in [-0.39, 0.29) is 5.91 Å². The van der Waals surface area contributed by atoms with Gasteiger partial charge in [-0.15, -0.1) is 0 Å². The lowest BCUT2D eigenvalue weighted by Crippen LogP contribution is -2.41. The van der Waals surface area contributed by atoms with E-state index in [1.807, 2.05) is 12.1 Å². The van der Waals surface area contributed by atoms with E-state index in [1.165, 1.54) is 0 Å². The number of carbonyl (C=O) groups is 1. The van der Waals surface area contributed by atoms with Gasteiger partial charge in [-0.3, -0.25) is 9.69 Å². The molecule has 1 aromatic rings. The zero-order valence-corrected chi connectivity index (χ0v) is 15.8. The third-order valence-corrected chi connectivity index (χ3v) is 4.20. The average Bonchev–Trinajstić information content (AvgIpc) is 2.68. The Labute approximate surface area is 154 Å². The molecule has 1 amide bonds. The Hall–Kier alpha value is -2.19. The highest BCUT2D eigenvalue weighted by Crippen LogP contribution is 2.39. The van der Waals surface area contributed by atoms with Crippen molar-refractivity contribution in [2.24, 2.45) is 0 Å². The van der Waals surface area contributed by atoms with Gasteiger partial charge in [0.05, 0.1) is 34.5 Å². The molecule has 0 unspecified atom stereocenters. The van der Waals surface area contributed by atoms with Crippen molar-refractivity contribution >= 4 is 11.6 Å². The first-order chi connectivity index (χ1) is 12.7. The van der Waals surface area contributed by atoms with Gasteiger partial charge in [-0.1, -0.05) is 0 Å². The molecule has 2 rings (SSSR count). The summed E-state index contributed by atoms with van der Waals surface area (Å²) in [6.45, 7) is 5.43. The summed E-state index contributed by atoms with van der Waals surface area (Å²) in [7, 11) is 4.71. The van der Waals surface area contributed by atoms with Crippen molar-refractivity contribution in [2.45, 2.75) is 6.42 Å². The van der Waals surface area contributed by atoms with E-state index >= 15 is 0 Å². The molecule has 26 heavy (non-hydrogen) atoms. The molecule has 0 aromatic heterocycles. The number of carbonyl (C=O) groups excluding carboxylic acids is 1. The Morgan fingerprint density at radius 3 is 2.31 bits per heavy atom. The molecule has 1 aliphatic rings. The van der Waals surface area contributed by atoms with Crippen molar-refractivity contribution in [1.29, 1.82) is 0 Å². The van der Waals surface area contributed by atoms with E-state index in [4.69, 9.17) is 18.9 Å². The molecule has 1 heterocycles. The van der Waals surface area contributed by atoms with Crippen LogP contribution in [0.25, 0.3) is 0 Å². The minimum absolute atomic E-state index is 0.0261. The molecule has 1 aliphatic heterocycles. The minimum atomic E-state index is 0.0261. The Morgan fingerprint density at radius 2 is 1.73 bits per heavy atom. The topological polar surface area (TPSA) is 81.3 Å². The Morgan fingerprint density at radius 1 is 1.08 bits per heavy atom. The van der Waals surface area contributed by atoms with Gasteiger partial charge in [-0.2, -0.15) is 0 Å². The molecule has 8 heteroatoms. The maximum Gasteiger partial charge on any atom is 0.221 e. The number of morpholine rings is 1. The summed E-state index contributed by atoms with van der Waals surface area (Å²) >= 11 is 0. The monoisotopic (exact) mass is 367 g/mol. The Balaban J connectivity index is 1.73. The fourth-order valence-electron chi connectivity index (χ4n) is 2.77. The van der Waals surface area contributed by atoms with E-state index in [0.717, 1.165) is 38.5 Å². The smallest absolute Gasteiger partial charge is 0.221 e. The number of benzene rings is 1. The highest BCUT2D eigenvalue weighted by atomic mass is 16.5. The van der Waals surface area contributed by atoms with Crippen LogP contribution in [0.15, 0.2) is 12.1 Å².